The molecule has 0 aromatic carbocycles. The first-order valence-corrected chi connectivity index (χ1v) is 15.1. The van der Waals surface area contributed by atoms with Crippen molar-refractivity contribution in [3.63, 3.8) is 0 Å². The van der Waals surface area contributed by atoms with Crippen molar-refractivity contribution in [2.45, 2.75) is 110 Å². The maximum Gasteiger partial charge on any atom is 0.312 e. The third kappa shape index (κ3) is 2.96. The molecule has 5 heteroatoms. The quantitative estimate of drug-likeness (QED) is 0.179. The third-order valence-electron chi connectivity index (χ3n) is 12.9. The van der Waals surface area contributed by atoms with Gasteiger partial charge in [0.1, 0.15) is 5.78 Å². The minimum Gasteiger partial charge on any atom is -0.469 e. The van der Waals surface area contributed by atoms with Crippen LogP contribution in [0.2, 0.25) is 0 Å². The monoisotopic (exact) mass is 608 g/mol. The number of allylic oxidation sites excluding steroid dienone is 2. The standard InChI is InChI=1S/C31H45IO4/c1-25(2)11-14-30(24(35)36-8)15-12-29(7)23(19(30)18-25)20(33)17-21-27(29,5)13-16-31(32)26(3,4)22(34)9-10-28(21,31)6/h17,19,23H,9-16,18H2,1-8H3/t19?,23?,27-,28-,29-,30+,31-/m1/s1. The van der Waals surface area contributed by atoms with Crippen molar-refractivity contribution in [1.29, 1.82) is 0 Å². The largest absolute Gasteiger partial charge is 0.469 e. The van der Waals surface area contributed by atoms with Gasteiger partial charge >= 0.3 is 5.97 Å². The summed E-state index contributed by atoms with van der Waals surface area (Å²) in [6.45, 7) is 16.0. The number of ketones is 2. The van der Waals surface area contributed by atoms with Crippen LogP contribution in [0.1, 0.15) is 106 Å². The molecule has 5 aliphatic carbocycles. The number of esters is 1. The SMILES string of the molecule is COC(=O)[C@]12CCC(C)(C)CC1C1C(=O)C=C3[C@@]4(C)CCC(=O)C(C)(C)[C@]4(I)CC[C@@]3(C)[C@]1(C)CC2. The zero-order chi connectivity index (χ0) is 26.7. The summed E-state index contributed by atoms with van der Waals surface area (Å²) < 4.78 is 5.22. The van der Waals surface area contributed by atoms with Gasteiger partial charge in [0.25, 0.3) is 0 Å². The van der Waals surface area contributed by atoms with Gasteiger partial charge in [0, 0.05) is 26.6 Å². The number of carbonyl (C=O) groups is 3. The molecule has 0 bridgehead atoms. The van der Waals surface area contributed by atoms with Crippen LogP contribution in [0.15, 0.2) is 11.6 Å². The van der Waals surface area contributed by atoms with Gasteiger partial charge in [-0.15, -0.1) is 0 Å². The van der Waals surface area contributed by atoms with Crippen LogP contribution in [-0.2, 0) is 19.1 Å². The number of methoxy groups -OCH3 is 1. The topological polar surface area (TPSA) is 60.4 Å². The van der Waals surface area contributed by atoms with Gasteiger partial charge in [-0.3, -0.25) is 14.4 Å². The van der Waals surface area contributed by atoms with Crippen LogP contribution in [-0.4, -0.2) is 28.1 Å². The molecule has 0 N–H and O–H groups in total. The maximum atomic E-state index is 14.4. The summed E-state index contributed by atoms with van der Waals surface area (Å²) in [4.78, 5) is 40.9. The van der Waals surface area contributed by atoms with E-state index in [1.807, 2.05) is 6.08 Å². The lowest BCUT2D eigenvalue weighted by Crippen LogP contribution is -2.69. The van der Waals surface area contributed by atoms with E-state index in [1.165, 1.54) is 12.7 Å². The second kappa shape index (κ2) is 7.69. The van der Waals surface area contributed by atoms with Crippen LogP contribution in [0.5, 0.6) is 0 Å². The molecule has 0 saturated heterocycles. The van der Waals surface area contributed by atoms with Crippen LogP contribution in [0.25, 0.3) is 0 Å². The van der Waals surface area contributed by atoms with E-state index in [2.05, 4.69) is 71.1 Å². The van der Waals surface area contributed by atoms with Gasteiger partial charge in [0.15, 0.2) is 5.78 Å². The van der Waals surface area contributed by atoms with Crippen LogP contribution in [0, 0.1) is 44.3 Å². The van der Waals surface area contributed by atoms with Gasteiger partial charge in [-0.2, -0.15) is 0 Å². The number of fused-ring (bicyclic) bond motifs is 7. The number of rotatable bonds is 1. The molecule has 200 valence electrons. The minimum atomic E-state index is -0.545. The Balaban J connectivity index is 1.68. The van der Waals surface area contributed by atoms with E-state index in [0.717, 1.165) is 51.4 Å². The van der Waals surface area contributed by atoms with E-state index in [1.54, 1.807) is 0 Å². The van der Waals surface area contributed by atoms with Gasteiger partial charge in [0.2, 0.25) is 0 Å². The highest BCUT2D eigenvalue weighted by Crippen LogP contribution is 2.77. The van der Waals surface area contributed by atoms with E-state index < -0.39 is 10.8 Å². The zero-order valence-electron chi connectivity index (χ0n) is 23.6. The molecule has 4 saturated carbocycles. The lowest BCUT2D eigenvalue weighted by atomic mass is 9.34. The molecule has 5 rings (SSSR count). The Labute approximate surface area is 231 Å². The van der Waals surface area contributed by atoms with Crippen LogP contribution < -0.4 is 0 Å². The molecule has 0 aromatic heterocycles. The van der Waals surface area contributed by atoms with Gasteiger partial charge in [-0.25, -0.2) is 0 Å². The summed E-state index contributed by atoms with van der Waals surface area (Å²) in [6, 6.07) is 0. The van der Waals surface area contributed by atoms with E-state index >= 15 is 0 Å². The molecule has 0 aromatic rings. The summed E-state index contributed by atoms with van der Waals surface area (Å²) >= 11 is 2.61. The van der Waals surface area contributed by atoms with E-state index in [0.29, 0.717) is 12.2 Å². The van der Waals surface area contributed by atoms with Crippen molar-refractivity contribution in [1.82, 2.24) is 0 Å². The molecule has 4 nitrogen and oxygen atoms in total. The molecular formula is C31H45IO4. The molecule has 2 unspecified atom stereocenters. The molecule has 0 aliphatic heterocycles. The lowest BCUT2D eigenvalue weighted by molar-refractivity contribution is -0.191. The molecule has 0 amide bonds. The van der Waals surface area contributed by atoms with Crippen molar-refractivity contribution in [2.75, 3.05) is 7.11 Å². The summed E-state index contributed by atoms with van der Waals surface area (Å²) in [6.07, 6.45) is 9.76. The Morgan fingerprint density at radius 1 is 0.889 bits per heavy atom. The molecular weight excluding hydrogens is 563 g/mol. The molecule has 36 heavy (non-hydrogen) atoms. The Hall–Kier alpha value is -0.720. The van der Waals surface area contributed by atoms with Gasteiger partial charge in [0.05, 0.1) is 12.5 Å². The first-order chi connectivity index (χ1) is 16.5. The number of ether oxygens (including phenoxy) is 1. The minimum absolute atomic E-state index is 0.0121. The second-order valence-corrected chi connectivity index (χ2v) is 16.8. The van der Waals surface area contributed by atoms with Gasteiger partial charge in [-0.1, -0.05) is 76.6 Å². The van der Waals surface area contributed by atoms with Crippen LogP contribution in [0.3, 0.4) is 0 Å². The molecule has 4 fully saturated rings. The highest BCUT2D eigenvalue weighted by Gasteiger charge is 2.73. The Morgan fingerprint density at radius 2 is 1.53 bits per heavy atom. The maximum absolute atomic E-state index is 14.4. The Morgan fingerprint density at radius 3 is 2.17 bits per heavy atom. The van der Waals surface area contributed by atoms with Crippen molar-refractivity contribution >= 4 is 40.1 Å². The fourth-order valence-corrected chi connectivity index (χ4v) is 11.3. The van der Waals surface area contributed by atoms with Crippen molar-refractivity contribution in [3.05, 3.63) is 11.6 Å². The molecule has 7 atom stereocenters. The summed E-state index contributed by atoms with van der Waals surface area (Å²) in [7, 11) is 1.51. The predicted molar refractivity (Wildman–Crippen MR) is 150 cm³/mol. The predicted octanol–water partition coefficient (Wildman–Crippen LogP) is 7.27. The van der Waals surface area contributed by atoms with E-state index in [-0.39, 0.29) is 48.7 Å². The smallest absolute Gasteiger partial charge is 0.312 e. The van der Waals surface area contributed by atoms with Crippen LogP contribution in [0.4, 0.5) is 0 Å². The first kappa shape index (κ1) is 26.9. The van der Waals surface area contributed by atoms with Crippen molar-refractivity contribution in [3.8, 4) is 0 Å². The van der Waals surface area contributed by atoms with Crippen molar-refractivity contribution in [2.24, 2.45) is 44.3 Å². The average molecular weight is 609 g/mol. The van der Waals surface area contributed by atoms with Crippen molar-refractivity contribution < 1.29 is 19.1 Å². The van der Waals surface area contributed by atoms with E-state index in [4.69, 9.17) is 4.74 Å². The Kier molecular flexibility index (Phi) is 5.74. The summed E-state index contributed by atoms with van der Waals surface area (Å²) in [5.74, 6) is 0.319. The highest BCUT2D eigenvalue weighted by molar-refractivity contribution is 14.1. The third-order valence-corrected chi connectivity index (χ3v) is 16.0. The number of Topliss-reactive ketones (excluding diaryl/α,β-unsaturated/α-hetero) is 1. The lowest BCUT2D eigenvalue weighted by Gasteiger charge is -2.71. The van der Waals surface area contributed by atoms with Gasteiger partial charge in [-0.05, 0) is 79.6 Å². The number of carbonyl (C=O) groups excluding carboxylic acids is 3. The van der Waals surface area contributed by atoms with Crippen LogP contribution >= 0.6 is 22.6 Å². The number of alkyl halides is 1. The summed E-state index contributed by atoms with van der Waals surface area (Å²) in [5.41, 5.74) is -0.119. The molecule has 0 spiro atoms. The normalized spacial score (nSPS) is 49.1. The van der Waals surface area contributed by atoms with Gasteiger partial charge < -0.3 is 4.74 Å². The number of hydrogen-bond donors (Lipinski definition) is 0. The molecule has 0 heterocycles. The average Bonchev–Trinajstić information content (AvgIpc) is 2.80. The number of hydrogen-bond acceptors (Lipinski definition) is 4. The molecule has 0 radical (unpaired) electrons. The fraction of sp³-hybridized carbons (Fsp3) is 0.839. The summed E-state index contributed by atoms with van der Waals surface area (Å²) in [5, 5.41) is 0. The molecule has 5 aliphatic rings. The van der Waals surface area contributed by atoms with E-state index in [9.17, 15) is 14.4 Å². The Bertz CT molecular complexity index is 1070. The second-order valence-electron chi connectivity index (χ2n) is 15.0. The zero-order valence-corrected chi connectivity index (χ0v) is 25.8. The number of halogens is 1. The first-order valence-electron chi connectivity index (χ1n) is 14.0. The fourth-order valence-electron chi connectivity index (χ4n) is 10.2. The highest BCUT2D eigenvalue weighted by atomic mass is 127.